The second-order valence-electron chi connectivity index (χ2n) is 5.80. The molecule has 0 aliphatic carbocycles. The second-order valence-corrected chi connectivity index (χ2v) is 5.80. The van der Waals surface area contributed by atoms with Gasteiger partial charge in [-0.2, -0.15) is 0 Å². The van der Waals surface area contributed by atoms with Crippen LogP contribution in [0.5, 0.6) is 0 Å². The molecule has 0 unspecified atom stereocenters. The topological polar surface area (TPSA) is 57.7 Å². The van der Waals surface area contributed by atoms with Crippen LogP contribution < -0.4 is 0 Å². The van der Waals surface area contributed by atoms with Crippen molar-refractivity contribution < 1.29 is 18.8 Å². The molecular formula is C16H17FN2O3. The molecule has 1 aromatic rings. The lowest BCUT2D eigenvalue weighted by molar-refractivity contribution is -0.138. The fourth-order valence-corrected chi connectivity index (χ4v) is 2.95. The molecule has 22 heavy (non-hydrogen) atoms. The Morgan fingerprint density at radius 2 is 1.82 bits per heavy atom. The average molecular weight is 304 g/mol. The summed E-state index contributed by atoms with van der Waals surface area (Å²) in [6, 6.07) is 3.69. The third-order valence-electron chi connectivity index (χ3n) is 4.29. The van der Waals surface area contributed by atoms with Crippen LogP contribution in [0.15, 0.2) is 18.2 Å². The molecule has 0 N–H and O–H groups in total. The Bertz CT molecular complexity index is 620. The van der Waals surface area contributed by atoms with Crippen LogP contribution in [-0.2, 0) is 4.79 Å². The van der Waals surface area contributed by atoms with Crippen LogP contribution in [0.4, 0.5) is 4.39 Å². The first-order valence-electron chi connectivity index (χ1n) is 7.43. The fourth-order valence-electron chi connectivity index (χ4n) is 2.95. The number of likely N-dealkylation sites (tertiary alicyclic amines) is 2. The summed E-state index contributed by atoms with van der Waals surface area (Å²) in [4.78, 5) is 38.4. The van der Waals surface area contributed by atoms with Crippen LogP contribution in [0.3, 0.4) is 0 Å². The summed E-state index contributed by atoms with van der Waals surface area (Å²) < 4.78 is 13.7. The number of rotatable bonds is 3. The number of hydrogen-bond donors (Lipinski definition) is 0. The molecule has 1 aromatic carbocycles. The molecule has 2 saturated heterocycles. The van der Waals surface area contributed by atoms with Crippen LogP contribution >= 0.6 is 0 Å². The molecule has 2 aliphatic rings. The number of amides is 2. The van der Waals surface area contributed by atoms with Gasteiger partial charge < -0.3 is 9.80 Å². The highest BCUT2D eigenvalue weighted by atomic mass is 19.1. The highest BCUT2D eigenvalue weighted by Gasteiger charge is 2.39. The van der Waals surface area contributed by atoms with E-state index in [-0.39, 0.29) is 23.0 Å². The molecule has 5 nitrogen and oxygen atoms in total. The Morgan fingerprint density at radius 3 is 2.45 bits per heavy atom. The normalized spacial score (nSPS) is 18.2. The van der Waals surface area contributed by atoms with Crippen molar-refractivity contribution >= 4 is 18.1 Å². The second kappa shape index (κ2) is 5.87. The van der Waals surface area contributed by atoms with E-state index in [0.29, 0.717) is 19.4 Å². The Hall–Kier alpha value is -2.24. The lowest BCUT2D eigenvalue weighted by Gasteiger charge is -2.40. The Kier molecular flexibility index (Phi) is 3.92. The van der Waals surface area contributed by atoms with E-state index in [0.717, 1.165) is 32.0 Å². The number of halogens is 1. The maximum Gasteiger partial charge on any atom is 0.256 e. The third kappa shape index (κ3) is 2.61. The first-order valence-corrected chi connectivity index (χ1v) is 7.43. The van der Waals surface area contributed by atoms with E-state index >= 15 is 0 Å². The molecule has 2 amide bonds. The van der Waals surface area contributed by atoms with Gasteiger partial charge in [0.25, 0.3) is 5.91 Å². The molecule has 0 radical (unpaired) electrons. The van der Waals surface area contributed by atoms with Gasteiger partial charge in [-0.05, 0) is 31.0 Å². The summed E-state index contributed by atoms with van der Waals surface area (Å²) in [6.45, 7) is 2.22. The predicted octanol–water partition coefficient (Wildman–Crippen LogP) is 1.33. The molecule has 116 valence electrons. The van der Waals surface area contributed by atoms with Gasteiger partial charge in [-0.25, -0.2) is 4.39 Å². The molecule has 0 bridgehead atoms. The summed E-state index contributed by atoms with van der Waals surface area (Å²) in [7, 11) is 0. The van der Waals surface area contributed by atoms with Crippen LogP contribution in [0.1, 0.15) is 33.6 Å². The van der Waals surface area contributed by atoms with Crippen LogP contribution in [0.25, 0.3) is 0 Å². The SMILES string of the molecule is O=Cc1ccc(F)c(C(=O)N2CC(C(=O)N3CCCC3)C2)c1. The van der Waals surface area contributed by atoms with Gasteiger partial charge in [-0.1, -0.05) is 0 Å². The number of aldehydes is 1. The van der Waals surface area contributed by atoms with Crippen molar-refractivity contribution in [1.29, 1.82) is 0 Å². The predicted molar refractivity (Wildman–Crippen MR) is 77.0 cm³/mol. The Morgan fingerprint density at radius 1 is 1.14 bits per heavy atom. The zero-order valence-corrected chi connectivity index (χ0v) is 12.1. The van der Waals surface area contributed by atoms with Crippen LogP contribution in [-0.4, -0.2) is 54.1 Å². The van der Waals surface area contributed by atoms with Gasteiger partial charge in [0.2, 0.25) is 5.91 Å². The van der Waals surface area contributed by atoms with Crippen LogP contribution in [0, 0.1) is 11.7 Å². The van der Waals surface area contributed by atoms with Crippen molar-refractivity contribution in [2.75, 3.05) is 26.2 Å². The zero-order chi connectivity index (χ0) is 15.7. The van der Waals surface area contributed by atoms with Crippen molar-refractivity contribution in [2.45, 2.75) is 12.8 Å². The molecule has 2 fully saturated rings. The van der Waals surface area contributed by atoms with Gasteiger partial charge >= 0.3 is 0 Å². The molecule has 0 saturated carbocycles. The smallest absolute Gasteiger partial charge is 0.256 e. The van der Waals surface area contributed by atoms with Gasteiger partial charge in [-0.15, -0.1) is 0 Å². The summed E-state index contributed by atoms with van der Waals surface area (Å²) >= 11 is 0. The minimum atomic E-state index is -0.648. The molecular weight excluding hydrogens is 287 g/mol. The summed E-state index contributed by atoms with van der Waals surface area (Å²) in [6.07, 6.45) is 2.64. The van der Waals surface area contributed by atoms with Gasteiger partial charge in [0, 0.05) is 31.7 Å². The molecule has 0 aromatic heterocycles. The van der Waals surface area contributed by atoms with Crippen molar-refractivity contribution in [3.05, 3.63) is 35.1 Å². The monoisotopic (exact) mass is 304 g/mol. The minimum Gasteiger partial charge on any atom is -0.342 e. The van der Waals surface area contributed by atoms with Crippen molar-refractivity contribution in [3.63, 3.8) is 0 Å². The van der Waals surface area contributed by atoms with E-state index in [9.17, 15) is 18.8 Å². The minimum absolute atomic E-state index is 0.0867. The maximum atomic E-state index is 13.7. The quantitative estimate of drug-likeness (QED) is 0.792. The number of carbonyl (C=O) groups is 3. The summed E-state index contributed by atoms with van der Waals surface area (Å²) in [5, 5.41) is 0. The van der Waals surface area contributed by atoms with Gasteiger partial charge in [0.15, 0.2) is 0 Å². The summed E-state index contributed by atoms with van der Waals surface area (Å²) in [5.74, 6) is -1.21. The van der Waals surface area contributed by atoms with E-state index < -0.39 is 11.7 Å². The highest BCUT2D eigenvalue weighted by molar-refractivity contribution is 5.97. The Balaban J connectivity index is 1.63. The van der Waals surface area contributed by atoms with E-state index in [1.807, 2.05) is 4.90 Å². The molecule has 2 aliphatic heterocycles. The third-order valence-corrected chi connectivity index (χ3v) is 4.29. The standard InChI is InChI=1S/C16H17FN2O3/c17-14-4-3-11(10-20)7-13(14)16(22)19-8-12(9-19)15(21)18-5-1-2-6-18/h3-4,7,10,12H,1-2,5-6,8-9H2. The number of hydrogen-bond acceptors (Lipinski definition) is 3. The van der Waals surface area contributed by atoms with Crippen molar-refractivity contribution in [3.8, 4) is 0 Å². The molecule has 2 heterocycles. The Labute approximate surface area is 127 Å². The summed E-state index contributed by atoms with van der Waals surface area (Å²) in [5.41, 5.74) is 0.145. The van der Waals surface area contributed by atoms with E-state index in [1.165, 1.54) is 17.0 Å². The average Bonchev–Trinajstić information content (AvgIpc) is 3.00. The van der Waals surface area contributed by atoms with Crippen molar-refractivity contribution in [2.24, 2.45) is 5.92 Å². The molecule has 3 rings (SSSR count). The molecule has 0 spiro atoms. The zero-order valence-electron chi connectivity index (χ0n) is 12.1. The first kappa shape index (κ1) is 14.7. The van der Waals surface area contributed by atoms with Gasteiger partial charge in [0.05, 0.1) is 11.5 Å². The molecule has 0 atom stereocenters. The van der Waals surface area contributed by atoms with E-state index in [4.69, 9.17) is 0 Å². The lowest BCUT2D eigenvalue weighted by Crippen LogP contribution is -2.56. The first-order chi connectivity index (χ1) is 10.6. The van der Waals surface area contributed by atoms with E-state index in [1.54, 1.807) is 0 Å². The number of carbonyl (C=O) groups excluding carboxylic acids is 3. The lowest BCUT2D eigenvalue weighted by atomic mass is 9.97. The van der Waals surface area contributed by atoms with E-state index in [2.05, 4.69) is 0 Å². The molecule has 6 heteroatoms. The number of nitrogens with zero attached hydrogens (tertiary/aromatic N) is 2. The van der Waals surface area contributed by atoms with Crippen molar-refractivity contribution in [1.82, 2.24) is 9.80 Å². The largest absolute Gasteiger partial charge is 0.342 e. The fraction of sp³-hybridized carbons (Fsp3) is 0.438. The van der Waals surface area contributed by atoms with Gasteiger partial charge in [-0.3, -0.25) is 14.4 Å². The van der Waals surface area contributed by atoms with Crippen LogP contribution in [0.2, 0.25) is 0 Å². The maximum absolute atomic E-state index is 13.7. The number of benzene rings is 1. The highest BCUT2D eigenvalue weighted by Crippen LogP contribution is 2.24. The van der Waals surface area contributed by atoms with Gasteiger partial charge in [0.1, 0.15) is 12.1 Å².